The fourth-order valence-electron chi connectivity index (χ4n) is 4.45. The van der Waals surface area contributed by atoms with Gasteiger partial charge in [0.05, 0.1) is 0 Å². The van der Waals surface area contributed by atoms with Gasteiger partial charge in [-0.3, -0.25) is 9.59 Å². The molecule has 0 unspecified atom stereocenters. The van der Waals surface area contributed by atoms with Gasteiger partial charge in [0.2, 0.25) is 5.91 Å². The van der Waals surface area contributed by atoms with Crippen molar-refractivity contribution in [2.75, 3.05) is 26.2 Å². The van der Waals surface area contributed by atoms with Crippen molar-refractivity contribution in [3.8, 4) is 11.3 Å². The Morgan fingerprint density at radius 1 is 0.931 bits per heavy atom. The van der Waals surface area contributed by atoms with Crippen molar-refractivity contribution in [3.05, 3.63) is 41.7 Å². The van der Waals surface area contributed by atoms with Crippen molar-refractivity contribution >= 4 is 11.8 Å². The van der Waals surface area contributed by atoms with Gasteiger partial charge in [-0.15, -0.1) is 0 Å². The summed E-state index contributed by atoms with van der Waals surface area (Å²) in [7, 11) is 0. The van der Waals surface area contributed by atoms with Gasteiger partial charge in [-0.25, -0.2) is 0 Å². The molecule has 0 N–H and O–H groups in total. The summed E-state index contributed by atoms with van der Waals surface area (Å²) in [6, 6.07) is 9.64. The summed E-state index contributed by atoms with van der Waals surface area (Å²) in [5.74, 6) is 0.805. The van der Waals surface area contributed by atoms with E-state index in [1.807, 2.05) is 40.1 Å². The Bertz CT molecular complexity index is 846. The fourth-order valence-corrected chi connectivity index (χ4v) is 4.45. The quantitative estimate of drug-likeness (QED) is 0.790. The normalized spacial score (nSPS) is 18.5. The number of likely N-dealkylation sites (tertiary alicyclic amines) is 2. The van der Waals surface area contributed by atoms with E-state index in [1.165, 1.54) is 12.8 Å². The second-order valence-electron chi connectivity index (χ2n) is 8.13. The highest BCUT2D eigenvalue weighted by Gasteiger charge is 2.33. The lowest BCUT2D eigenvalue weighted by Crippen LogP contribution is -2.44. The Hall–Kier alpha value is -2.63. The Kier molecular flexibility index (Phi) is 5.97. The largest absolute Gasteiger partial charge is 0.360 e. The molecule has 2 aliphatic heterocycles. The lowest BCUT2D eigenvalue weighted by molar-refractivity contribution is -0.136. The molecule has 2 aliphatic rings. The standard InChI is InChI=1S/C23H29N3O3/c1-17-20(21(24-29-17)18-9-5-4-6-10-18)23(28)26-15-11-19(12-16-26)22(27)25-13-7-2-3-8-14-25/h4-6,9-10,19H,2-3,7-8,11-16H2,1H3. The minimum Gasteiger partial charge on any atom is -0.360 e. The van der Waals surface area contributed by atoms with Crippen LogP contribution in [0.25, 0.3) is 11.3 Å². The zero-order valence-electron chi connectivity index (χ0n) is 17.1. The molecule has 2 fully saturated rings. The molecule has 2 saturated heterocycles. The summed E-state index contributed by atoms with van der Waals surface area (Å²) < 4.78 is 5.35. The molecule has 0 atom stereocenters. The maximum Gasteiger partial charge on any atom is 0.259 e. The van der Waals surface area contributed by atoms with Crippen molar-refractivity contribution in [3.63, 3.8) is 0 Å². The highest BCUT2D eigenvalue weighted by molar-refractivity contribution is 6.00. The van der Waals surface area contributed by atoms with Gasteiger partial charge in [-0.05, 0) is 32.6 Å². The maximum atomic E-state index is 13.2. The van der Waals surface area contributed by atoms with E-state index in [1.54, 1.807) is 6.92 Å². The van der Waals surface area contributed by atoms with Crippen molar-refractivity contribution < 1.29 is 14.1 Å². The molecule has 1 aromatic carbocycles. The number of aryl methyl sites for hydroxylation is 1. The van der Waals surface area contributed by atoms with Gasteiger partial charge in [-0.2, -0.15) is 0 Å². The highest BCUT2D eigenvalue weighted by Crippen LogP contribution is 2.29. The second-order valence-corrected chi connectivity index (χ2v) is 8.13. The van der Waals surface area contributed by atoms with Crippen LogP contribution in [-0.2, 0) is 4.79 Å². The van der Waals surface area contributed by atoms with Gasteiger partial charge >= 0.3 is 0 Å². The Morgan fingerprint density at radius 2 is 1.59 bits per heavy atom. The molecular weight excluding hydrogens is 366 g/mol. The van der Waals surface area contributed by atoms with Crippen LogP contribution in [0.15, 0.2) is 34.9 Å². The summed E-state index contributed by atoms with van der Waals surface area (Å²) in [6.07, 6.45) is 6.12. The number of piperidine rings is 1. The first-order valence-corrected chi connectivity index (χ1v) is 10.7. The summed E-state index contributed by atoms with van der Waals surface area (Å²) in [4.78, 5) is 30.0. The average Bonchev–Trinajstić information content (AvgIpc) is 2.96. The van der Waals surface area contributed by atoms with Crippen LogP contribution >= 0.6 is 0 Å². The van der Waals surface area contributed by atoms with E-state index in [0.29, 0.717) is 30.1 Å². The van der Waals surface area contributed by atoms with Crippen LogP contribution in [0.4, 0.5) is 0 Å². The van der Waals surface area contributed by atoms with Gasteiger partial charge in [0, 0.05) is 37.7 Å². The van der Waals surface area contributed by atoms with Crippen LogP contribution in [0.3, 0.4) is 0 Å². The first-order valence-electron chi connectivity index (χ1n) is 10.7. The second kappa shape index (κ2) is 8.80. The van der Waals surface area contributed by atoms with Crippen LogP contribution in [0.5, 0.6) is 0 Å². The van der Waals surface area contributed by atoms with Gasteiger partial charge in [0.15, 0.2) is 0 Å². The molecule has 29 heavy (non-hydrogen) atoms. The Balaban J connectivity index is 1.42. The van der Waals surface area contributed by atoms with Gasteiger partial charge in [0.1, 0.15) is 17.0 Å². The zero-order chi connectivity index (χ0) is 20.2. The fraction of sp³-hybridized carbons (Fsp3) is 0.522. The summed E-state index contributed by atoms with van der Waals surface area (Å²) in [6.45, 7) is 4.75. The highest BCUT2D eigenvalue weighted by atomic mass is 16.5. The predicted octanol–water partition coefficient (Wildman–Crippen LogP) is 3.90. The number of amides is 2. The molecule has 4 rings (SSSR count). The van der Waals surface area contributed by atoms with Gasteiger partial charge in [0.25, 0.3) is 5.91 Å². The van der Waals surface area contributed by atoms with E-state index in [0.717, 1.165) is 44.3 Å². The first kappa shape index (κ1) is 19.7. The van der Waals surface area contributed by atoms with E-state index in [4.69, 9.17) is 4.52 Å². The SMILES string of the molecule is Cc1onc(-c2ccccc2)c1C(=O)N1CCC(C(=O)N2CCCCCC2)CC1. The molecule has 154 valence electrons. The van der Waals surface area contributed by atoms with Crippen molar-refractivity contribution in [1.82, 2.24) is 15.0 Å². The predicted molar refractivity (Wildman–Crippen MR) is 110 cm³/mol. The van der Waals surface area contributed by atoms with E-state index in [9.17, 15) is 9.59 Å². The van der Waals surface area contributed by atoms with Crippen molar-refractivity contribution in [1.29, 1.82) is 0 Å². The van der Waals surface area contributed by atoms with Crippen LogP contribution < -0.4 is 0 Å². The summed E-state index contributed by atoms with van der Waals surface area (Å²) in [5, 5.41) is 4.13. The third-order valence-corrected chi connectivity index (χ3v) is 6.17. The molecule has 1 aromatic heterocycles. The molecule has 6 nitrogen and oxygen atoms in total. The maximum absolute atomic E-state index is 13.2. The van der Waals surface area contributed by atoms with Crippen molar-refractivity contribution in [2.45, 2.75) is 45.4 Å². The Labute approximate surface area is 171 Å². The molecule has 2 amide bonds. The lowest BCUT2D eigenvalue weighted by Gasteiger charge is -2.34. The average molecular weight is 396 g/mol. The molecule has 2 aromatic rings. The number of rotatable bonds is 3. The molecule has 3 heterocycles. The lowest BCUT2D eigenvalue weighted by atomic mass is 9.94. The monoisotopic (exact) mass is 395 g/mol. The number of carbonyl (C=O) groups excluding carboxylic acids is 2. The molecule has 0 spiro atoms. The number of aromatic nitrogens is 1. The third-order valence-electron chi connectivity index (χ3n) is 6.17. The molecule has 0 bridgehead atoms. The van der Waals surface area contributed by atoms with Crippen LogP contribution in [-0.4, -0.2) is 52.9 Å². The van der Waals surface area contributed by atoms with Gasteiger partial charge in [-0.1, -0.05) is 48.3 Å². The van der Waals surface area contributed by atoms with E-state index in [-0.39, 0.29) is 17.7 Å². The molecule has 0 saturated carbocycles. The number of benzene rings is 1. The van der Waals surface area contributed by atoms with E-state index < -0.39 is 0 Å². The molecular formula is C23H29N3O3. The third kappa shape index (κ3) is 4.21. The van der Waals surface area contributed by atoms with Crippen LogP contribution in [0.1, 0.15) is 54.6 Å². The molecule has 0 radical (unpaired) electrons. The molecule has 6 heteroatoms. The van der Waals surface area contributed by atoms with E-state index in [2.05, 4.69) is 5.16 Å². The minimum absolute atomic E-state index is 0.0364. The first-order chi connectivity index (χ1) is 14.1. The number of nitrogens with zero attached hydrogens (tertiary/aromatic N) is 3. The summed E-state index contributed by atoms with van der Waals surface area (Å²) >= 11 is 0. The van der Waals surface area contributed by atoms with Crippen molar-refractivity contribution in [2.24, 2.45) is 5.92 Å². The summed E-state index contributed by atoms with van der Waals surface area (Å²) in [5.41, 5.74) is 2.00. The van der Waals surface area contributed by atoms with Crippen LogP contribution in [0, 0.1) is 12.8 Å². The minimum atomic E-state index is -0.0525. The zero-order valence-corrected chi connectivity index (χ0v) is 17.1. The Morgan fingerprint density at radius 3 is 2.24 bits per heavy atom. The topological polar surface area (TPSA) is 66.7 Å². The van der Waals surface area contributed by atoms with Crippen LogP contribution in [0.2, 0.25) is 0 Å². The number of carbonyl (C=O) groups is 2. The van der Waals surface area contributed by atoms with Gasteiger partial charge < -0.3 is 14.3 Å². The number of hydrogen-bond donors (Lipinski definition) is 0. The smallest absolute Gasteiger partial charge is 0.259 e. The molecule has 0 aliphatic carbocycles. The number of hydrogen-bond acceptors (Lipinski definition) is 4. The van der Waals surface area contributed by atoms with E-state index >= 15 is 0 Å².